The number of nitrogens with two attached hydrogens (primary N) is 1. The topological polar surface area (TPSA) is 115 Å². The number of amides is 1. The van der Waals surface area contributed by atoms with Gasteiger partial charge in [0.15, 0.2) is 9.84 Å². The van der Waals surface area contributed by atoms with E-state index in [0.29, 0.717) is 4.47 Å². The SMILES string of the molecule is CC(C(N)=O)S(=O)(=O)c1cc(Br)ccc1C(=O)O. The molecule has 1 rings (SSSR count). The number of sulfone groups is 1. The number of carboxylic acid groups (broad SMARTS) is 1. The second kappa shape index (κ2) is 5.07. The number of halogens is 1. The number of hydrogen-bond donors (Lipinski definition) is 2. The predicted molar refractivity (Wildman–Crippen MR) is 66.9 cm³/mol. The van der Waals surface area contributed by atoms with Gasteiger partial charge in [-0.15, -0.1) is 0 Å². The van der Waals surface area contributed by atoms with Crippen molar-refractivity contribution in [2.75, 3.05) is 0 Å². The summed E-state index contributed by atoms with van der Waals surface area (Å²) in [6.07, 6.45) is 0. The molecule has 3 N–H and O–H groups in total. The second-order valence-corrected chi connectivity index (χ2v) is 6.69. The molecule has 8 heteroatoms. The lowest BCUT2D eigenvalue weighted by molar-refractivity contribution is -0.117. The van der Waals surface area contributed by atoms with E-state index in [1.54, 1.807) is 0 Å². The number of carboxylic acids is 1. The summed E-state index contributed by atoms with van der Waals surface area (Å²) >= 11 is 3.05. The van der Waals surface area contributed by atoms with Gasteiger partial charge in [-0.1, -0.05) is 15.9 Å². The second-order valence-electron chi connectivity index (χ2n) is 3.54. The minimum atomic E-state index is -4.12. The Hall–Kier alpha value is -1.41. The van der Waals surface area contributed by atoms with E-state index in [4.69, 9.17) is 10.8 Å². The first-order chi connectivity index (χ1) is 8.17. The molecule has 0 spiro atoms. The van der Waals surface area contributed by atoms with Gasteiger partial charge in [0.2, 0.25) is 5.91 Å². The number of carbonyl (C=O) groups is 2. The molecule has 0 saturated heterocycles. The molecule has 0 aromatic heterocycles. The third-order valence-electron chi connectivity index (χ3n) is 2.35. The molecule has 0 heterocycles. The van der Waals surface area contributed by atoms with Crippen LogP contribution in [-0.2, 0) is 14.6 Å². The van der Waals surface area contributed by atoms with Gasteiger partial charge in [-0.25, -0.2) is 13.2 Å². The molecule has 0 fully saturated rings. The maximum atomic E-state index is 12.1. The fourth-order valence-corrected chi connectivity index (χ4v) is 3.20. The molecule has 1 aromatic rings. The number of benzene rings is 1. The Morgan fingerprint density at radius 1 is 1.39 bits per heavy atom. The summed E-state index contributed by atoms with van der Waals surface area (Å²) in [4.78, 5) is 21.5. The zero-order chi connectivity index (χ0) is 14.1. The third-order valence-corrected chi connectivity index (χ3v) is 4.95. The van der Waals surface area contributed by atoms with Crippen molar-refractivity contribution in [2.45, 2.75) is 17.1 Å². The smallest absolute Gasteiger partial charge is 0.337 e. The zero-order valence-corrected chi connectivity index (χ0v) is 11.7. The molecule has 0 aliphatic heterocycles. The van der Waals surface area contributed by atoms with Gasteiger partial charge in [-0.2, -0.15) is 0 Å². The van der Waals surface area contributed by atoms with Gasteiger partial charge in [0.05, 0.1) is 10.5 Å². The molecule has 98 valence electrons. The summed E-state index contributed by atoms with van der Waals surface area (Å²) in [5.74, 6) is -2.43. The van der Waals surface area contributed by atoms with Crippen molar-refractivity contribution in [2.24, 2.45) is 5.73 Å². The lowest BCUT2D eigenvalue weighted by atomic mass is 10.2. The highest BCUT2D eigenvalue weighted by Gasteiger charge is 2.31. The van der Waals surface area contributed by atoms with Crippen LogP contribution in [0.3, 0.4) is 0 Å². The Morgan fingerprint density at radius 3 is 2.39 bits per heavy atom. The molecule has 0 aliphatic rings. The van der Waals surface area contributed by atoms with Crippen molar-refractivity contribution >= 4 is 37.6 Å². The molecule has 0 bridgehead atoms. The van der Waals surface area contributed by atoms with E-state index in [1.165, 1.54) is 6.07 Å². The summed E-state index contributed by atoms with van der Waals surface area (Å²) in [5.41, 5.74) is 4.55. The normalized spacial score (nSPS) is 13.0. The molecule has 6 nitrogen and oxygen atoms in total. The Morgan fingerprint density at radius 2 is 1.94 bits per heavy atom. The fraction of sp³-hybridized carbons (Fsp3) is 0.200. The number of rotatable bonds is 4. The molecule has 1 amide bonds. The molecule has 1 aromatic carbocycles. The van der Waals surface area contributed by atoms with Crippen LogP contribution in [0.4, 0.5) is 0 Å². The van der Waals surface area contributed by atoms with Crippen LogP contribution in [0, 0.1) is 0 Å². The molecular formula is C10H10BrNO5S. The van der Waals surface area contributed by atoms with Crippen LogP contribution >= 0.6 is 15.9 Å². The van der Waals surface area contributed by atoms with Crippen molar-refractivity contribution in [1.29, 1.82) is 0 Å². The minimum Gasteiger partial charge on any atom is -0.478 e. The van der Waals surface area contributed by atoms with E-state index in [1.807, 2.05) is 0 Å². The van der Waals surface area contributed by atoms with Gasteiger partial charge in [0.25, 0.3) is 0 Å². The fourth-order valence-electron chi connectivity index (χ4n) is 1.25. The van der Waals surface area contributed by atoms with Gasteiger partial charge in [-0.05, 0) is 25.1 Å². The molecular weight excluding hydrogens is 326 g/mol. The van der Waals surface area contributed by atoms with E-state index in [2.05, 4.69) is 15.9 Å². The van der Waals surface area contributed by atoms with Crippen molar-refractivity contribution < 1.29 is 23.1 Å². The molecule has 0 radical (unpaired) electrons. The summed E-state index contributed by atoms with van der Waals surface area (Å²) in [7, 11) is -4.12. The summed E-state index contributed by atoms with van der Waals surface area (Å²) in [5, 5.41) is 7.45. The van der Waals surface area contributed by atoms with Crippen molar-refractivity contribution in [3.05, 3.63) is 28.2 Å². The molecule has 0 saturated carbocycles. The van der Waals surface area contributed by atoms with Gasteiger partial charge in [-0.3, -0.25) is 4.79 Å². The lowest BCUT2D eigenvalue weighted by Crippen LogP contribution is -2.34. The first-order valence-corrected chi connectivity index (χ1v) is 7.08. The van der Waals surface area contributed by atoms with Gasteiger partial charge < -0.3 is 10.8 Å². The third kappa shape index (κ3) is 2.70. The number of primary amides is 1. The summed E-state index contributed by atoms with van der Waals surface area (Å²) in [6, 6.07) is 3.68. The van der Waals surface area contributed by atoms with Crippen LogP contribution in [0.15, 0.2) is 27.6 Å². The van der Waals surface area contributed by atoms with Crippen molar-refractivity contribution in [3.8, 4) is 0 Å². The molecule has 1 unspecified atom stereocenters. The largest absolute Gasteiger partial charge is 0.478 e. The standard InChI is InChI=1S/C10H10BrNO5S/c1-5(9(12)13)18(16,17)8-4-6(11)2-3-7(8)10(14)15/h2-5H,1H3,(H2,12,13)(H,14,15). The number of hydrogen-bond acceptors (Lipinski definition) is 4. The van der Waals surface area contributed by atoms with E-state index < -0.39 is 37.4 Å². The average Bonchev–Trinajstić information content (AvgIpc) is 2.27. The maximum Gasteiger partial charge on any atom is 0.337 e. The highest BCUT2D eigenvalue weighted by atomic mass is 79.9. The number of carbonyl (C=O) groups excluding carboxylic acids is 1. The van der Waals surface area contributed by atoms with E-state index in [-0.39, 0.29) is 0 Å². The average molecular weight is 336 g/mol. The van der Waals surface area contributed by atoms with Crippen LogP contribution in [0.5, 0.6) is 0 Å². The number of aromatic carboxylic acids is 1. The van der Waals surface area contributed by atoms with E-state index in [9.17, 15) is 18.0 Å². The quantitative estimate of drug-likeness (QED) is 0.844. The van der Waals surface area contributed by atoms with Crippen LogP contribution < -0.4 is 5.73 Å². The van der Waals surface area contributed by atoms with Crippen molar-refractivity contribution in [3.63, 3.8) is 0 Å². The Labute approximate surface area is 112 Å². The first kappa shape index (κ1) is 14.7. The van der Waals surface area contributed by atoms with Gasteiger partial charge in [0.1, 0.15) is 5.25 Å². The summed E-state index contributed by atoms with van der Waals surface area (Å²) < 4.78 is 24.5. The van der Waals surface area contributed by atoms with Gasteiger partial charge in [0, 0.05) is 4.47 Å². The van der Waals surface area contributed by atoms with Crippen LogP contribution in [-0.4, -0.2) is 30.7 Å². The predicted octanol–water partition coefficient (Wildman–Crippen LogP) is 0.795. The monoisotopic (exact) mass is 335 g/mol. The van der Waals surface area contributed by atoms with Gasteiger partial charge >= 0.3 is 5.97 Å². The first-order valence-electron chi connectivity index (χ1n) is 4.74. The van der Waals surface area contributed by atoms with E-state index in [0.717, 1.165) is 19.1 Å². The molecule has 1 atom stereocenters. The Kier molecular flexibility index (Phi) is 4.12. The molecule has 18 heavy (non-hydrogen) atoms. The Bertz CT molecular complexity index is 611. The Balaban J connectivity index is 3.54. The highest BCUT2D eigenvalue weighted by Crippen LogP contribution is 2.24. The van der Waals surface area contributed by atoms with Crippen molar-refractivity contribution in [1.82, 2.24) is 0 Å². The van der Waals surface area contributed by atoms with Crippen LogP contribution in [0.25, 0.3) is 0 Å². The van der Waals surface area contributed by atoms with E-state index >= 15 is 0 Å². The maximum absolute atomic E-state index is 12.1. The zero-order valence-electron chi connectivity index (χ0n) is 9.25. The van der Waals surface area contributed by atoms with Crippen LogP contribution in [0.1, 0.15) is 17.3 Å². The molecule has 0 aliphatic carbocycles. The highest BCUT2D eigenvalue weighted by molar-refractivity contribution is 9.10. The summed E-state index contributed by atoms with van der Waals surface area (Å²) in [6.45, 7) is 1.12. The van der Waals surface area contributed by atoms with Crippen LogP contribution in [0.2, 0.25) is 0 Å². The minimum absolute atomic E-state index is 0.391. The lowest BCUT2D eigenvalue weighted by Gasteiger charge is -2.12.